The van der Waals surface area contributed by atoms with E-state index in [1.807, 2.05) is 67.6 Å². The second-order valence-corrected chi connectivity index (χ2v) is 10.1. The molecule has 0 bridgehead atoms. The number of nitrogens with zero attached hydrogens (tertiary/aromatic N) is 2. The first-order valence-electron chi connectivity index (χ1n) is 13.0. The Morgan fingerprint density at radius 2 is 1.73 bits per heavy atom. The highest BCUT2D eigenvalue weighted by atomic mass is 32.1. The Morgan fingerprint density at radius 1 is 1.00 bits per heavy atom. The number of fused-ring (bicyclic) bond motifs is 2. The molecule has 9 heteroatoms. The Balaban J connectivity index is 1.75. The fraction of sp³-hybridized carbons (Fsp3) is 0.258. The molecule has 0 saturated heterocycles. The smallest absolute Gasteiger partial charge is 0.338 e. The van der Waals surface area contributed by atoms with Crippen molar-refractivity contribution in [3.05, 3.63) is 96.7 Å². The largest absolute Gasteiger partial charge is 0.497 e. The zero-order chi connectivity index (χ0) is 28.4. The van der Waals surface area contributed by atoms with Gasteiger partial charge in [0.15, 0.2) is 4.80 Å². The fourth-order valence-corrected chi connectivity index (χ4v) is 5.94. The van der Waals surface area contributed by atoms with Crippen molar-refractivity contribution in [1.29, 1.82) is 0 Å². The highest BCUT2D eigenvalue weighted by Gasteiger charge is 2.33. The normalized spacial score (nSPS) is 15.0. The number of hydrogen-bond acceptors (Lipinski definition) is 8. The summed E-state index contributed by atoms with van der Waals surface area (Å²) in [6.45, 7) is 6.18. The molecule has 0 aliphatic carbocycles. The first kappa shape index (κ1) is 27.2. The van der Waals surface area contributed by atoms with Crippen LogP contribution in [-0.4, -0.2) is 38.0 Å². The number of allylic oxidation sites excluding steroid dienone is 1. The van der Waals surface area contributed by atoms with Gasteiger partial charge in [-0.3, -0.25) is 9.36 Å². The Labute approximate surface area is 235 Å². The lowest BCUT2D eigenvalue weighted by Crippen LogP contribution is -2.39. The van der Waals surface area contributed by atoms with Crippen molar-refractivity contribution in [2.45, 2.75) is 26.8 Å². The molecule has 1 aliphatic rings. The van der Waals surface area contributed by atoms with Crippen LogP contribution in [-0.2, 0) is 9.53 Å². The first-order valence-corrected chi connectivity index (χ1v) is 13.8. The molecule has 40 heavy (non-hydrogen) atoms. The molecular formula is C31H30N2O6S. The minimum absolute atomic E-state index is 0.209. The third-order valence-electron chi connectivity index (χ3n) is 6.75. The number of thiazole rings is 1. The summed E-state index contributed by atoms with van der Waals surface area (Å²) in [7, 11) is 3.21. The maximum Gasteiger partial charge on any atom is 0.338 e. The van der Waals surface area contributed by atoms with Crippen molar-refractivity contribution in [2.24, 2.45) is 4.99 Å². The Hall–Kier alpha value is -4.37. The SMILES string of the molecule is CCOC(=O)C1=C(C)N=c2s/c(=C/c3c(OC)ccc4ccc(OC)cc34)c(=O)n2[C@@H]1c1ccc(OCC)cc1. The summed E-state index contributed by atoms with van der Waals surface area (Å²) in [5.74, 6) is 1.52. The standard InChI is InChI=1S/C31H30N2O6S/c1-6-38-21-12-9-20(10-13-21)28-27(30(35)39-7-2)18(3)32-31-33(28)29(34)26(40-31)17-24-23-16-22(36-4)14-8-19(23)11-15-25(24)37-5/h8-17,28H,6-7H2,1-5H3/b26-17+/t28-/m1/s1. The molecule has 3 aromatic carbocycles. The molecule has 4 aromatic rings. The van der Waals surface area contributed by atoms with Gasteiger partial charge in [-0.2, -0.15) is 0 Å². The van der Waals surface area contributed by atoms with Crippen LogP contribution in [0.4, 0.5) is 0 Å². The van der Waals surface area contributed by atoms with E-state index in [0.717, 1.165) is 21.9 Å². The third-order valence-corrected chi connectivity index (χ3v) is 7.73. The second kappa shape index (κ2) is 11.4. The van der Waals surface area contributed by atoms with Gasteiger partial charge in [0, 0.05) is 5.56 Å². The maximum absolute atomic E-state index is 14.1. The minimum atomic E-state index is -0.706. The molecule has 0 fully saturated rings. The topological polar surface area (TPSA) is 88.4 Å². The predicted molar refractivity (Wildman–Crippen MR) is 155 cm³/mol. The van der Waals surface area contributed by atoms with E-state index in [1.165, 1.54) is 11.3 Å². The van der Waals surface area contributed by atoms with Gasteiger partial charge >= 0.3 is 5.97 Å². The summed E-state index contributed by atoms with van der Waals surface area (Å²) in [5.41, 5.74) is 2.08. The zero-order valence-corrected chi connectivity index (χ0v) is 23.8. The number of benzene rings is 3. The van der Waals surface area contributed by atoms with Crippen LogP contribution in [0.15, 0.2) is 75.7 Å². The van der Waals surface area contributed by atoms with E-state index in [-0.39, 0.29) is 12.2 Å². The van der Waals surface area contributed by atoms with Crippen LogP contribution in [0.3, 0.4) is 0 Å². The number of methoxy groups -OCH3 is 2. The van der Waals surface area contributed by atoms with E-state index in [4.69, 9.17) is 18.9 Å². The van der Waals surface area contributed by atoms with Gasteiger partial charge in [0.05, 0.1) is 49.3 Å². The molecule has 0 N–H and O–H groups in total. The van der Waals surface area contributed by atoms with Gasteiger partial charge in [0.2, 0.25) is 0 Å². The number of carbonyl (C=O) groups excluding carboxylic acids is 1. The first-order chi connectivity index (χ1) is 19.4. The molecule has 0 unspecified atom stereocenters. The number of carbonyl (C=O) groups is 1. The minimum Gasteiger partial charge on any atom is -0.497 e. The zero-order valence-electron chi connectivity index (χ0n) is 23.0. The van der Waals surface area contributed by atoms with Crippen molar-refractivity contribution < 1.29 is 23.7 Å². The summed E-state index contributed by atoms with van der Waals surface area (Å²) < 4.78 is 24.2. The molecule has 8 nitrogen and oxygen atoms in total. The van der Waals surface area contributed by atoms with E-state index in [0.29, 0.717) is 44.5 Å². The molecule has 0 radical (unpaired) electrons. The van der Waals surface area contributed by atoms with Crippen LogP contribution in [0.2, 0.25) is 0 Å². The van der Waals surface area contributed by atoms with Crippen LogP contribution >= 0.6 is 11.3 Å². The molecule has 0 spiro atoms. The van der Waals surface area contributed by atoms with Crippen LogP contribution in [0.1, 0.15) is 37.9 Å². The van der Waals surface area contributed by atoms with E-state index < -0.39 is 12.0 Å². The number of ether oxygens (including phenoxy) is 4. The number of aromatic nitrogens is 1. The van der Waals surface area contributed by atoms with E-state index in [2.05, 4.69) is 4.99 Å². The highest BCUT2D eigenvalue weighted by Crippen LogP contribution is 2.33. The lowest BCUT2D eigenvalue weighted by Gasteiger charge is -2.24. The summed E-state index contributed by atoms with van der Waals surface area (Å²) in [6, 6.07) is 16.3. The highest BCUT2D eigenvalue weighted by molar-refractivity contribution is 7.07. The van der Waals surface area contributed by atoms with Gasteiger partial charge in [-0.05, 0) is 73.5 Å². The van der Waals surface area contributed by atoms with Crippen molar-refractivity contribution >= 4 is 34.2 Å². The van der Waals surface area contributed by atoms with Crippen molar-refractivity contribution in [2.75, 3.05) is 27.4 Å². The Kier molecular flexibility index (Phi) is 7.75. The number of esters is 1. The van der Waals surface area contributed by atoms with Crippen molar-refractivity contribution in [1.82, 2.24) is 4.57 Å². The number of rotatable bonds is 8. The van der Waals surface area contributed by atoms with Crippen LogP contribution in [0.25, 0.3) is 16.8 Å². The molecule has 1 aliphatic heterocycles. The van der Waals surface area contributed by atoms with Crippen LogP contribution < -0.4 is 29.1 Å². The average Bonchev–Trinajstić information content (AvgIpc) is 3.26. The van der Waals surface area contributed by atoms with Crippen LogP contribution in [0, 0.1) is 0 Å². The monoisotopic (exact) mass is 558 g/mol. The van der Waals surface area contributed by atoms with Gasteiger partial charge < -0.3 is 18.9 Å². The van der Waals surface area contributed by atoms with Gasteiger partial charge in [-0.25, -0.2) is 9.79 Å². The quantitative estimate of drug-likeness (QED) is 0.299. The lowest BCUT2D eigenvalue weighted by atomic mass is 9.96. The number of hydrogen-bond donors (Lipinski definition) is 0. The van der Waals surface area contributed by atoms with Gasteiger partial charge in [0.25, 0.3) is 5.56 Å². The Bertz CT molecular complexity index is 1800. The summed E-state index contributed by atoms with van der Waals surface area (Å²) in [6.07, 6.45) is 1.82. The predicted octanol–water partition coefficient (Wildman–Crippen LogP) is 4.37. The molecule has 2 heterocycles. The van der Waals surface area contributed by atoms with E-state index in [9.17, 15) is 9.59 Å². The lowest BCUT2D eigenvalue weighted by molar-refractivity contribution is -0.139. The summed E-state index contributed by atoms with van der Waals surface area (Å²) in [5, 5.41) is 1.87. The molecule has 0 saturated carbocycles. The van der Waals surface area contributed by atoms with Crippen molar-refractivity contribution in [3.63, 3.8) is 0 Å². The van der Waals surface area contributed by atoms with E-state index >= 15 is 0 Å². The average molecular weight is 559 g/mol. The van der Waals surface area contributed by atoms with Crippen molar-refractivity contribution in [3.8, 4) is 17.2 Å². The third kappa shape index (κ3) is 4.88. The van der Waals surface area contributed by atoms with Gasteiger partial charge in [-0.15, -0.1) is 0 Å². The fourth-order valence-electron chi connectivity index (χ4n) is 4.91. The van der Waals surface area contributed by atoms with Gasteiger partial charge in [0.1, 0.15) is 17.2 Å². The molecule has 5 rings (SSSR count). The summed E-state index contributed by atoms with van der Waals surface area (Å²) >= 11 is 1.27. The second-order valence-electron chi connectivity index (χ2n) is 9.07. The Morgan fingerprint density at radius 3 is 2.40 bits per heavy atom. The van der Waals surface area contributed by atoms with Crippen LogP contribution in [0.5, 0.6) is 17.2 Å². The molecule has 1 atom stereocenters. The van der Waals surface area contributed by atoms with Gasteiger partial charge in [-0.1, -0.05) is 35.6 Å². The molecular weight excluding hydrogens is 528 g/mol. The molecule has 206 valence electrons. The maximum atomic E-state index is 14.1. The molecule has 1 aromatic heterocycles. The molecule has 0 amide bonds. The summed E-state index contributed by atoms with van der Waals surface area (Å²) in [4.78, 5) is 32.4. The van der Waals surface area contributed by atoms with E-state index in [1.54, 1.807) is 32.6 Å².